The molecule has 2 aromatic carbocycles. The predicted molar refractivity (Wildman–Crippen MR) is 97.9 cm³/mol. The van der Waals surface area contributed by atoms with Gasteiger partial charge in [-0.1, -0.05) is 40.9 Å². The van der Waals surface area contributed by atoms with Crippen LogP contribution in [0.1, 0.15) is 17.2 Å². The van der Waals surface area contributed by atoms with Crippen LogP contribution in [-0.4, -0.2) is 21.3 Å². The molecular formula is C17H11Cl3N2O3. The summed E-state index contributed by atoms with van der Waals surface area (Å²) in [5.41, 5.74) is 0.509. The summed E-state index contributed by atoms with van der Waals surface area (Å²) >= 11 is 17.9. The number of carboxylic acid groups (broad SMARTS) is 1. The molecule has 0 bridgehead atoms. The molecule has 5 nitrogen and oxygen atoms in total. The summed E-state index contributed by atoms with van der Waals surface area (Å²) in [6.45, 7) is 0. The molecule has 128 valence electrons. The van der Waals surface area contributed by atoms with E-state index in [-0.39, 0.29) is 12.1 Å². The number of nitrogens with zero attached hydrogens (tertiary/aromatic N) is 1. The van der Waals surface area contributed by atoms with Crippen LogP contribution in [0.25, 0.3) is 10.8 Å². The molecule has 25 heavy (non-hydrogen) atoms. The molecule has 0 spiro atoms. The van der Waals surface area contributed by atoms with E-state index < -0.39 is 17.4 Å². The molecule has 0 saturated carbocycles. The van der Waals surface area contributed by atoms with E-state index in [9.17, 15) is 14.7 Å². The quantitative estimate of drug-likeness (QED) is 0.688. The van der Waals surface area contributed by atoms with Crippen LogP contribution in [0.3, 0.4) is 0 Å². The molecule has 1 aromatic heterocycles. The van der Waals surface area contributed by atoms with Crippen LogP contribution in [0.2, 0.25) is 15.1 Å². The van der Waals surface area contributed by atoms with E-state index in [0.717, 1.165) is 0 Å². The van der Waals surface area contributed by atoms with Crippen LogP contribution in [0, 0.1) is 0 Å². The van der Waals surface area contributed by atoms with Gasteiger partial charge >= 0.3 is 5.97 Å². The highest BCUT2D eigenvalue weighted by atomic mass is 35.5. The second-order valence-corrected chi connectivity index (χ2v) is 6.72. The van der Waals surface area contributed by atoms with Gasteiger partial charge in [0.05, 0.1) is 21.1 Å². The van der Waals surface area contributed by atoms with Crippen LogP contribution in [-0.2, 0) is 11.2 Å². The van der Waals surface area contributed by atoms with Crippen molar-refractivity contribution < 1.29 is 9.90 Å². The molecule has 1 unspecified atom stereocenters. The molecule has 0 radical (unpaired) electrons. The highest BCUT2D eigenvalue weighted by Gasteiger charge is 2.25. The van der Waals surface area contributed by atoms with E-state index >= 15 is 0 Å². The smallest absolute Gasteiger partial charge is 0.313 e. The van der Waals surface area contributed by atoms with Gasteiger partial charge in [-0.25, -0.2) is 5.10 Å². The fourth-order valence-electron chi connectivity index (χ4n) is 2.63. The first kappa shape index (κ1) is 17.7. The van der Waals surface area contributed by atoms with Gasteiger partial charge in [-0.15, -0.1) is 0 Å². The van der Waals surface area contributed by atoms with Gasteiger partial charge in [0, 0.05) is 10.4 Å². The molecule has 0 fully saturated rings. The van der Waals surface area contributed by atoms with Crippen molar-refractivity contribution in [3.8, 4) is 0 Å². The minimum absolute atomic E-state index is 0.132. The molecule has 3 rings (SSSR count). The Hall–Kier alpha value is -2.08. The maximum absolute atomic E-state index is 11.9. The number of aliphatic carboxylic acids is 1. The van der Waals surface area contributed by atoms with Crippen molar-refractivity contribution in [2.45, 2.75) is 12.3 Å². The van der Waals surface area contributed by atoms with Crippen LogP contribution in [0.4, 0.5) is 0 Å². The lowest BCUT2D eigenvalue weighted by Gasteiger charge is -2.14. The zero-order valence-corrected chi connectivity index (χ0v) is 14.9. The number of aromatic amines is 1. The molecule has 1 atom stereocenters. The van der Waals surface area contributed by atoms with Crippen molar-refractivity contribution >= 4 is 51.5 Å². The third-order valence-corrected chi connectivity index (χ3v) is 4.81. The number of fused-ring (bicyclic) bond motifs is 1. The highest BCUT2D eigenvalue weighted by Crippen LogP contribution is 2.29. The molecular weight excluding hydrogens is 387 g/mol. The number of benzene rings is 2. The number of carboxylic acids is 1. The van der Waals surface area contributed by atoms with Gasteiger partial charge in [0.25, 0.3) is 5.56 Å². The number of rotatable bonds is 4. The normalized spacial score (nSPS) is 12.3. The number of hydrogen-bond acceptors (Lipinski definition) is 3. The molecule has 0 amide bonds. The Morgan fingerprint density at radius 1 is 1.08 bits per heavy atom. The SMILES string of the molecule is O=C(O)C(Cc1ccc(Cl)c(Cl)c1)c1n[nH]c(=O)c2ccc(Cl)cc12. The van der Waals surface area contributed by atoms with Crippen molar-refractivity contribution in [3.05, 3.63) is 73.1 Å². The fourth-order valence-corrected chi connectivity index (χ4v) is 3.12. The summed E-state index contributed by atoms with van der Waals surface area (Å²) in [7, 11) is 0. The van der Waals surface area contributed by atoms with Gasteiger partial charge in [0.1, 0.15) is 5.92 Å². The number of hydrogen-bond donors (Lipinski definition) is 2. The minimum Gasteiger partial charge on any atom is -0.481 e. The van der Waals surface area contributed by atoms with E-state index in [1.165, 1.54) is 0 Å². The van der Waals surface area contributed by atoms with Crippen LogP contribution < -0.4 is 5.56 Å². The summed E-state index contributed by atoms with van der Waals surface area (Å²) in [4.78, 5) is 23.8. The topological polar surface area (TPSA) is 83.0 Å². The monoisotopic (exact) mass is 396 g/mol. The van der Waals surface area contributed by atoms with Gasteiger partial charge < -0.3 is 5.11 Å². The Balaban J connectivity index is 2.12. The lowest BCUT2D eigenvalue weighted by molar-refractivity contribution is -0.138. The largest absolute Gasteiger partial charge is 0.481 e. The number of nitrogens with one attached hydrogen (secondary N) is 1. The Morgan fingerprint density at radius 2 is 1.84 bits per heavy atom. The summed E-state index contributed by atoms with van der Waals surface area (Å²) in [5, 5.41) is 17.8. The Bertz CT molecular complexity index is 1030. The average molecular weight is 398 g/mol. The van der Waals surface area contributed by atoms with Crippen molar-refractivity contribution in [2.24, 2.45) is 0 Å². The summed E-state index contributed by atoms with van der Waals surface area (Å²) in [6, 6.07) is 9.57. The molecule has 3 aromatic rings. The standard InChI is InChI=1S/C17H11Cl3N2O3/c18-9-2-3-10-11(7-9)15(21-22-16(10)23)12(17(24)25)5-8-1-4-13(19)14(20)6-8/h1-4,6-7,12H,5H2,(H,22,23)(H,24,25). The van der Waals surface area contributed by atoms with Crippen molar-refractivity contribution in [1.82, 2.24) is 10.2 Å². The third kappa shape index (κ3) is 3.63. The second kappa shape index (κ2) is 7.04. The molecule has 0 saturated heterocycles. The van der Waals surface area contributed by atoms with Gasteiger partial charge in [-0.05, 0) is 42.3 Å². The van der Waals surface area contributed by atoms with E-state index in [1.54, 1.807) is 36.4 Å². The molecule has 2 N–H and O–H groups in total. The van der Waals surface area contributed by atoms with E-state index in [0.29, 0.717) is 31.4 Å². The Labute approximate surface area is 157 Å². The van der Waals surface area contributed by atoms with Crippen molar-refractivity contribution in [2.75, 3.05) is 0 Å². The van der Waals surface area contributed by atoms with Gasteiger partial charge in [0.15, 0.2) is 0 Å². The molecule has 1 heterocycles. The number of halogens is 3. The molecule has 0 aliphatic carbocycles. The fraction of sp³-hybridized carbons (Fsp3) is 0.118. The lowest BCUT2D eigenvalue weighted by atomic mass is 9.93. The van der Waals surface area contributed by atoms with Crippen LogP contribution >= 0.6 is 34.8 Å². The average Bonchev–Trinajstić information content (AvgIpc) is 2.56. The summed E-state index contributed by atoms with van der Waals surface area (Å²) in [6.07, 6.45) is 0.132. The number of aromatic nitrogens is 2. The highest BCUT2D eigenvalue weighted by molar-refractivity contribution is 6.42. The zero-order chi connectivity index (χ0) is 18.1. The van der Waals surface area contributed by atoms with Gasteiger partial charge in [0.2, 0.25) is 0 Å². The van der Waals surface area contributed by atoms with Crippen molar-refractivity contribution in [3.63, 3.8) is 0 Å². The Morgan fingerprint density at radius 3 is 2.52 bits per heavy atom. The van der Waals surface area contributed by atoms with Crippen LogP contribution in [0.5, 0.6) is 0 Å². The third-order valence-electron chi connectivity index (χ3n) is 3.83. The van der Waals surface area contributed by atoms with Gasteiger partial charge in [-0.3, -0.25) is 9.59 Å². The summed E-state index contributed by atoms with van der Waals surface area (Å²) in [5.74, 6) is -2.07. The van der Waals surface area contributed by atoms with E-state index in [1.807, 2.05) is 0 Å². The second-order valence-electron chi connectivity index (χ2n) is 5.47. The molecule has 8 heteroatoms. The lowest BCUT2D eigenvalue weighted by Crippen LogP contribution is -2.20. The minimum atomic E-state index is -1.08. The van der Waals surface area contributed by atoms with E-state index in [4.69, 9.17) is 34.8 Å². The van der Waals surface area contributed by atoms with Crippen molar-refractivity contribution in [1.29, 1.82) is 0 Å². The first-order chi connectivity index (χ1) is 11.9. The predicted octanol–water partition coefficient (Wildman–Crippen LogP) is 4.29. The first-order valence-corrected chi connectivity index (χ1v) is 8.35. The molecule has 0 aliphatic rings. The number of carbonyl (C=O) groups is 1. The summed E-state index contributed by atoms with van der Waals surface area (Å²) < 4.78 is 0. The Kier molecular flexibility index (Phi) is 4.99. The first-order valence-electron chi connectivity index (χ1n) is 7.21. The van der Waals surface area contributed by atoms with E-state index in [2.05, 4.69) is 10.2 Å². The maximum atomic E-state index is 11.9. The number of H-pyrrole nitrogens is 1. The molecule has 0 aliphatic heterocycles. The van der Waals surface area contributed by atoms with Crippen LogP contribution in [0.15, 0.2) is 41.2 Å². The maximum Gasteiger partial charge on any atom is 0.313 e. The van der Waals surface area contributed by atoms with Gasteiger partial charge in [-0.2, -0.15) is 5.10 Å². The zero-order valence-electron chi connectivity index (χ0n) is 12.6.